The molecule has 5 heteroatoms. The van der Waals surface area contributed by atoms with Crippen molar-refractivity contribution in [3.63, 3.8) is 0 Å². The number of benzene rings is 1. The molecule has 0 amide bonds. The van der Waals surface area contributed by atoms with Crippen LogP contribution < -0.4 is 10.1 Å². The summed E-state index contributed by atoms with van der Waals surface area (Å²) >= 11 is 0. The third-order valence-corrected chi connectivity index (χ3v) is 4.30. The smallest absolute Gasteiger partial charge is 0.311 e. The number of rotatable bonds is 7. The van der Waals surface area contributed by atoms with Crippen molar-refractivity contribution in [1.82, 2.24) is 5.32 Å². The van der Waals surface area contributed by atoms with Crippen LogP contribution in [0.3, 0.4) is 0 Å². The van der Waals surface area contributed by atoms with Gasteiger partial charge in [-0.25, -0.2) is 0 Å². The van der Waals surface area contributed by atoms with Crippen molar-refractivity contribution in [2.75, 3.05) is 33.5 Å². The third kappa shape index (κ3) is 4.69. The van der Waals surface area contributed by atoms with Crippen LogP contribution >= 0.6 is 0 Å². The fraction of sp³-hybridized carbons (Fsp3) is 0.611. The van der Waals surface area contributed by atoms with Crippen molar-refractivity contribution in [1.29, 1.82) is 0 Å². The second-order valence-corrected chi connectivity index (χ2v) is 5.83. The van der Waals surface area contributed by atoms with Gasteiger partial charge in [-0.05, 0) is 44.5 Å². The van der Waals surface area contributed by atoms with E-state index in [0.29, 0.717) is 19.8 Å². The van der Waals surface area contributed by atoms with Crippen molar-refractivity contribution < 1.29 is 19.0 Å². The molecule has 5 nitrogen and oxygen atoms in total. The van der Waals surface area contributed by atoms with Crippen LogP contribution in [0.15, 0.2) is 24.3 Å². The summed E-state index contributed by atoms with van der Waals surface area (Å²) < 4.78 is 16.0. The molecule has 1 aliphatic heterocycles. The molecule has 1 aliphatic rings. The standard InChI is InChI=1S/C18H27NO4/c1-4-22-18(20)17-13(2)19-9-8-16(17)14-6-5-7-15(12-14)23-11-10-21-3/h5-7,12-13,16-17,19H,4,8-11H2,1-3H3. The lowest BCUT2D eigenvalue weighted by Crippen LogP contribution is -2.47. The number of esters is 1. The molecule has 0 aromatic heterocycles. The van der Waals surface area contributed by atoms with E-state index in [-0.39, 0.29) is 23.8 Å². The SMILES string of the molecule is CCOC(=O)C1C(C)NCCC1c1cccc(OCCOC)c1. The molecule has 0 spiro atoms. The molecule has 1 N–H and O–H groups in total. The molecule has 1 fully saturated rings. The molecule has 128 valence electrons. The van der Waals surface area contributed by atoms with Crippen molar-refractivity contribution >= 4 is 5.97 Å². The predicted molar refractivity (Wildman–Crippen MR) is 88.8 cm³/mol. The Hall–Kier alpha value is -1.59. The number of methoxy groups -OCH3 is 1. The predicted octanol–water partition coefficient (Wildman–Crippen LogP) is 2.36. The molecule has 0 saturated carbocycles. The maximum atomic E-state index is 12.4. The van der Waals surface area contributed by atoms with Crippen LogP contribution in [0.4, 0.5) is 0 Å². The van der Waals surface area contributed by atoms with Gasteiger partial charge < -0.3 is 19.5 Å². The molecule has 2 rings (SSSR count). The molecular weight excluding hydrogens is 294 g/mol. The van der Waals surface area contributed by atoms with E-state index in [1.807, 2.05) is 32.0 Å². The maximum absolute atomic E-state index is 12.4. The Balaban J connectivity index is 2.16. The summed E-state index contributed by atoms with van der Waals surface area (Å²) in [6.07, 6.45) is 0.912. The van der Waals surface area contributed by atoms with Gasteiger partial charge in [0.1, 0.15) is 12.4 Å². The van der Waals surface area contributed by atoms with Crippen molar-refractivity contribution in [3.05, 3.63) is 29.8 Å². The van der Waals surface area contributed by atoms with E-state index < -0.39 is 0 Å². The highest BCUT2D eigenvalue weighted by molar-refractivity contribution is 5.75. The van der Waals surface area contributed by atoms with Gasteiger partial charge in [-0.1, -0.05) is 12.1 Å². The molecule has 0 aliphatic carbocycles. The first kappa shape index (κ1) is 17.8. The topological polar surface area (TPSA) is 56.8 Å². The van der Waals surface area contributed by atoms with Crippen LogP contribution in [0.25, 0.3) is 0 Å². The normalized spacial score (nSPS) is 24.2. The Kier molecular flexibility index (Phi) is 6.86. The lowest BCUT2D eigenvalue weighted by atomic mass is 9.77. The average Bonchev–Trinajstić information content (AvgIpc) is 2.55. The highest BCUT2D eigenvalue weighted by atomic mass is 16.5. The van der Waals surface area contributed by atoms with Crippen LogP contribution in [0.1, 0.15) is 31.7 Å². The number of ether oxygens (including phenoxy) is 3. The van der Waals surface area contributed by atoms with Gasteiger partial charge in [-0.15, -0.1) is 0 Å². The number of hydrogen-bond acceptors (Lipinski definition) is 5. The monoisotopic (exact) mass is 321 g/mol. The molecule has 0 bridgehead atoms. The van der Waals surface area contributed by atoms with E-state index in [2.05, 4.69) is 11.4 Å². The van der Waals surface area contributed by atoms with E-state index in [9.17, 15) is 4.79 Å². The minimum Gasteiger partial charge on any atom is -0.491 e. The Morgan fingerprint density at radius 3 is 2.91 bits per heavy atom. The summed E-state index contributed by atoms with van der Waals surface area (Å²) in [4.78, 5) is 12.4. The first-order valence-corrected chi connectivity index (χ1v) is 8.29. The fourth-order valence-corrected chi connectivity index (χ4v) is 3.18. The van der Waals surface area contributed by atoms with Gasteiger partial charge in [0.2, 0.25) is 0 Å². The second kappa shape index (κ2) is 8.89. The number of hydrogen-bond donors (Lipinski definition) is 1. The van der Waals surface area contributed by atoms with E-state index in [1.54, 1.807) is 7.11 Å². The minimum absolute atomic E-state index is 0.103. The van der Waals surface area contributed by atoms with Crippen LogP contribution in [-0.4, -0.2) is 45.5 Å². The number of carbonyl (C=O) groups excluding carboxylic acids is 1. The Morgan fingerprint density at radius 2 is 2.17 bits per heavy atom. The molecular formula is C18H27NO4. The second-order valence-electron chi connectivity index (χ2n) is 5.83. The minimum atomic E-state index is -0.169. The molecule has 3 atom stereocenters. The van der Waals surface area contributed by atoms with Gasteiger partial charge in [0.05, 0.1) is 19.1 Å². The van der Waals surface area contributed by atoms with Crippen molar-refractivity contribution in [2.45, 2.75) is 32.2 Å². The molecule has 1 aromatic rings. The van der Waals surface area contributed by atoms with E-state index in [0.717, 1.165) is 24.3 Å². The summed E-state index contributed by atoms with van der Waals surface area (Å²) in [6, 6.07) is 8.11. The van der Waals surface area contributed by atoms with Gasteiger partial charge >= 0.3 is 5.97 Å². The summed E-state index contributed by atoms with van der Waals surface area (Å²) in [5.74, 6) is 0.672. The van der Waals surface area contributed by atoms with Gasteiger partial charge in [0, 0.05) is 19.1 Å². The Bertz CT molecular complexity index is 506. The highest BCUT2D eigenvalue weighted by Crippen LogP contribution is 2.35. The third-order valence-electron chi connectivity index (χ3n) is 4.30. The van der Waals surface area contributed by atoms with Gasteiger partial charge in [0.25, 0.3) is 0 Å². The molecule has 0 radical (unpaired) electrons. The average molecular weight is 321 g/mol. The van der Waals surface area contributed by atoms with Crippen LogP contribution in [-0.2, 0) is 14.3 Å². The molecule has 23 heavy (non-hydrogen) atoms. The largest absolute Gasteiger partial charge is 0.491 e. The quantitative estimate of drug-likeness (QED) is 0.617. The highest BCUT2D eigenvalue weighted by Gasteiger charge is 2.38. The van der Waals surface area contributed by atoms with Crippen molar-refractivity contribution in [3.8, 4) is 5.75 Å². The molecule has 3 unspecified atom stereocenters. The summed E-state index contributed by atoms with van der Waals surface area (Å²) in [7, 11) is 1.65. The van der Waals surface area contributed by atoms with E-state index in [4.69, 9.17) is 14.2 Å². The van der Waals surface area contributed by atoms with Gasteiger partial charge in [-0.2, -0.15) is 0 Å². The molecule has 1 saturated heterocycles. The van der Waals surface area contributed by atoms with Gasteiger partial charge in [-0.3, -0.25) is 4.79 Å². The molecule has 1 heterocycles. The summed E-state index contributed by atoms with van der Waals surface area (Å²) in [5.41, 5.74) is 1.13. The van der Waals surface area contributed by atoms with E-state index in [1.165, 1.54) is 0 Å². The zero-order chi connectivity index (χ0) is 16.7. The van der Waals surface area contributed by atoms with E-state index >= 15 is 0 Å². The van der Waals surface area contributed by atoms with Crippen LogP contribution in [0.2, 0.25) is 0 Å². The first-order valence-electron chi connectivity index (χ1n) is 8.29. The fourth-order valence-electron chi connectivity index (χ4n) is 3.18. The number of piperidine rings is 1. The zero-order valence-corrected chi connectivity index (χ0v) is 14.2. The Morgan fingerprint density at radius 1 is 1.35 bits per heavy atom. The zero-order valence-electron chi connectivity index (χ0n) is 14.2. The lowest BCUT2D eigenvalue weighted by molar-refractivity contribution is -0.150. The summed E-state index contributed by atoms with van der Waals surface area (Å²) in [6.45, 7) is 6.28. The summed E-state index contributed by atoms with van der Waals surface area (Å²) in [5, 5.41) is 3.38. The van der Waals surface area contributed by atoms with Crippen LogP contribution in [0.5, 0.6) is 5.75 Å². The number of nitrogens with one attached hydrogen (secondary N) is 1. The van der Waals surface area contributed by atoms with Gasteiger partial charge in [0.15, 0.2) is 0 Å². The lowest BCUT2D eigenvalue weighted by Gasteiger charge is -2.36. The van der Waals surface area contributed by atoms with Crippen molar-refractivity contribution in [2.24, 2.45) is 5.92 Å². The Labute approximate surface area is 138 Å². The first-order chi connectivity index (χ1) is 11.2. The number of carbonyl (C=O) groups is 1. The maximum Gasteiger partial charge on any atom is 0.311 e. The molecule has 1 aromatic carbocycles. The van der Waals surface area contributed by atoms with Crippen LogP contribution in [0, 0.1) is 5.92 Å².